The van der Waals surface area contributed by atoms with Crippen molar-refractivity contribution < 1.29 is 5.11 Å². The molecule has 0 fully saturated rings. The van der Waals surface area contributed by atoms with Crippen LogP contribution in [0, 0.1) is 0 Å². The van der Waals surface area contributed by atoms with Crippen LogP contribution in [0.15, 0.2) is 77.3 Å². The lowest BCUT2D eigenvalue weighted by Crippen LogP contribution is -2.39. The zero-order chi connectivity index (χ0) is 19.7. The first-order valence-corrected chi connectivity index (χ1v) is 10.3. The second kappa shape index (κ2) is 8.18. The smallest absolute Gasteiger partial charge is 0.120 e. The van der Waals surface area contributed by atoms with Crippen molar-refractivity contribution in [2.45, 2.75) is 12.2 Å². The molecule has 3 aromatic rings. The lowest BCUT2D eigenvalue weighted by atomic mass is 9.98. The molecular formula is C22H17BrCl2N2O. The molecule has 3 aromatic carbocycles. The number of hydrogen-bond donors (Lipinski definition) is 3. The maximum Gasteiger partial charge on any atom is 0.120 e. The molecule has 0 saturated heterocycles. The van der Waals surface area contributed by atoms with E-state index < -0.39 is 0 Å². The number of rotatable bonds is 3. The van der Waals surface area contributed by atoms with E-state index in [9.17, 15) is 5.11 Å². The van der Waals surface area contributed by atoms with E-state index in [0.29, 0.717) is 10.0 Å². The van der Waals surface area contributed by atoms with Gasteiger partial charge in [-0.3, -0.25) is 5.32 Å². The summed E-state index contributed by atoms with van der Waals surface area (Å²) in [4.78, 5) is 0. The summed E-state index contributed by atoms with van der Waals surface area (Å²) in [5, 5.41) is 18.7. The molecule has 2 unspecified atom stereocenters. The van der Waals surface area contributed by atoms with E-state index in [1.165, 1.54) is 0 Å². The third-order valence-electron chi connectivity index (χ3n) is 4.66. The van der Waals surface area contributed by atoms with Crippen molar-refractivity contribution in [3.63, 3.8) is 0 Å². The minimum absolute atomic E-state index is 0.146. The molecule has 142 valence electrons. The van der Waals surface area contributed by atoms with Crippen molar-refractivity contribution in [3.05, 3.63) is 104 Å². The highest BCUT2D eigenvalue weighted by atomic mass is 79.9. The van der Waals surface area contributed by atoms with Crippen molar-refractivity contribution in [1.29, 1.82) is 0 Å². The summed E-state index contributed by atoms with van der Waals surface area (Å²) < 4.78 is 1.02. The first-order valence-electron chi connectivity index (χ1n) is 8.74. The van der Waals surface area contributed by atoms with Crippen LogP contribution in [-0.2, 0) is 0 Å². The van der Waals surface area contributed by atoms with Crippen LogP contribution in [0.2, 0.25) is 10.0 Å². The van der Waals surface area contributed by atoms with Gasteiger partial charge in [-0.1, -0.05) is 63.4 Å². The molecule has 4 rings (SSSR count). The topological polar surface area (TPSA) is 44.3 Å². The summed E-state index contributed by atoms with van der Waals surface area (Å²) in [6.07, 6.45) is 1.90. The Labute approximate surface area is 182 Å². The summed E-state index contributed by atoms with van der Waals surface area (Å²) in [5.41, 5.74) is 3.77. The van der Waals surface area contributed by atoms with Gasteiger partial charge < -0.3 is 10.4 Å². The van der Waals surface area contributed by atoms with Crippen LogP contribution in [0.5, 0.6) is 5.75 Å². The molecule has 0 spiro atoms. The highest BCUT2D eigenvalue weighted by Gasteiger charge is 2.25. The number of phenols is 1. The zero-order valence-corrected chi connectivity index (χ0v) is 17.8. The molecule has 6 heteroatoms. The second-order valence-electron chi connectivity index (χ2n) is 6.56. The number of hydrogen-bond acceptors (Lipinski definition) is 3. The summed E-state index contributed by atoms with van der Waals surface area (Å²) in [6.45, 7) is 0. The van der Waals surface area contributed by atoms with Crippen LogP contribution in [0.25, 0.3) is 5.70 Å². The fourth-order valence-electron chi connectivity index (χ4n) is 3.24. The molecule has 1 heterocycles. The van der Waals surface area contributed by atoms with Crippen LogP contribution >= 0.6 is 39.1 Å². The van der Waals surface area contributed by atoms with E-state index >= 15 is 0 Å². The Kier molecular flexibility index (Phi) is 5.65. The fourth-order valence-corrected chi connectivity index (χ4v) is 3.81. The third-order valence-corrected chi connectivity index (χ3v) is 5.68. The lowest BCUT2D eigenvalue weighted by molar-refractivity contribution is 0.419. The normalized spacial score (nSPS) is 19.0. The van der Waals surface area contributed by atoms with Gasteiger partial charge >= 0.3 is 0 Å². The first kappa shape index (κ1) is 19.3. The molecule has 3 nitrogen and oxygen atoms in total. The molecule has 0 aliphatic carbocycles. The van der Waals surface area contributed by atoms with Gasteiger partial charge in [0.1, 0.15) is 11.9 Å². The van der Waals surface area contributed by atoms with E-state index in [2.05, 4.69) is 38.7 Å². The van der Waals surface area contributed by atoms with Crippen molar-refractivity contribution >= 4 is 44.8 Å². The summed E-state index contributed by atoms with van der Waals surface area (Å²) in [5.74, 6) is 0.199. The molecule has 0 bridgehead atoms. The summed E-state index contributed by atoms with van der Waals surface area (Å²) in [6, 6.07) is 20.6. The molecule has 1 aliphatic heterocycles. The van der Waals surface area contributed by atoms with Crippen molar-refractivity contribution in [2.24, 2.45) is 0 Å². The van der Waals surface area contributed by atoms with E-state index in [-0.39, 0.29) is 18.0 Å². The average Bonchev–Trinajstić information content (AvgIpc) is 2.70. The average molecular weight is 476 g/mol. The van der Waals surface area contributed by atoms with E-state index in [0.717, 1.165) is 26.9 Å². The molecule has 1 aliphatic rings. The molecule has 0 radical (unpaired) electrons. The number of benzene rings is 3. The van der Waals surface area contributed by atoms with Crippen molar-refractivity contribution in [2.75, 3.05) is 0 Å². The minimum Gasteiger partial charge on any atom is -0.508 e. The van der Waals surface area contributed by atoms with Crippen molar-refractivity contribution in [3.8, 4) is 5.75 Å². The van der Waals surface area contributed by atoms with Gasteiger partial charge in [0.05, 0.1) is 6.04 Å². The fraction of sp³-hybridized carbons (Fsp3) is 0.0909. The van der Waals surface area contributed by atoms with Crippen LogP contribution in [-0.4, -0.2) is 5.11 Å². The van der Waals surface area contributed by atoms with Crippen LogP contribution in [0.3, 0.4) is 0 Å². The molecule has 28 heavy (non-hydrogen) atoms. The predicted molar refractivity (Wildman–Crippen MR) is 118 cm³/mol. The van der Waals surface area contributed by atoms with Crippen molar-refractivity contribution in [1.82, 2.24) is 10.6 Å². The Morgan fingerprint density at radius 1 is 0.857 bits per heavy atom. The molecular weight excluding hydrogens is 459 g/mol. The molecule has 0 aromatic heterocycles. The largest absolute Gasteiger partial charge is 0.508 e. The van der Waals surface area contributed by atoms with Gasteiger partial charge in [-0.15, -0.1) is 0 Å². The Hall–Kier alpha value is -1.98. The molecule has 3 N–H and O–H groups in total. The monoisotopic (exact) mass is 474 g/mol. The van der Waals surface area contributed by atoms with Gasteiger partial charge in [0.2, 0.25) is 0 Å². The van der Waals surface area contributed by atoms with Crippen LogP contribution < -0.4 is 10.6 Å². The Morgan fingerprint density at radius 3 is 2.25 bits per heavy atom. The van der Waals surface area contributed by atoms with Gasteiger partial charge in [-0.25, -0.2) is 0 Å². The van der Waals surface area contributed by atoms with Gasteiger partial charge in [0, 0.05) is 25.8 Å². The number of nitrogens with one attached hydrogen (secondary N) is 2. The second-order valence-corrected chi connectivity index (χ2v) is 8.35. The predicted octanol–water partition coefficient (Wildman–Crippen LogP) is 6.44. The van der Waals surface area contributed by atoms with E-state index in [1.54, 1.807) is 18.2 Å². The molecule has 2 atom stereocenters. The van der Waals surface area contributed by atoms with Gasteiger partial charge in [-0.2, -0.15) is 0 Å². The lowest BCUT2D eigenvalue weighted by Gasteiger charge is -2.33. The highest BCUT2D eigenvalue weighted by Crippen LogP contribution is 2.35. The number of phenolic OH excluding ortho intramolecular Hbond substituents is 1. The van der Waals surface area contributed by atoms with Crippen LogP contribution in [0.4, 0.5) is 0 Å². The maximum atomic E-state index is 10.4. The minimum atomic E-state index is -0.223. The SMILES string of the molecule is Oc1ccc(Cl)cc1C1C=C(c2ccc(Cl)cc2)NC(c2ccc(Br)cc2)N1. The Bertz CT molecular complexity index is 1020. The quantitative estimate of drug-likeness (QED) is 0.408. The number of aromatic hydroxyl groups is 1. The van der Waals surface area contributed by atoms with Gasteiger partial charge in [0.15, 0.2) is 0 Å². The Balaban J connectivity index is 1.76. The maximum absolute atomic E-state index is 10.4. The standard InChI is InChI=1S/C22H17BrCl2N2O/c23-15-5-1-14(2-6-15)22-26-19(13-3-7-16(24)8-4-13)12-20(27-22)18-11-17(25)9-10-21(18)28/h1-12,20,22,26-28H. The van der Waals surface area contributed by atoms with E-state index in [4.69, 9.17) is 23.2 Å². The molecule has 0 saturated carbocycles. The highest BCUT2D eigenvalue weighted by molar-refractivity contribution is 9.10. The van der Waals surface area contributed by atoms with E-state index in [1.807, 2.05) is 42.5 Å². The molecule has 0 amide bonds. The van der Waals surface area contributed by atoms with Crippen LogP contribution in [0.1, 0.15) is 28.9 Å². The number of halogens is 3. The zero-order valence-electron chi connectivity index (χ0n) is 14.7. The van der Waals surface area contributed by atoms with Gasteiger partial charge in [0.25, 0.3) is 0 Å². The third kappa shape index (κ3) is 4.20. The Morgan fingerprint density at radius 2 is 1.54 bits per heavy atom. The summed E-state index contributed by atoms with van der Waals surface area (Å²) in [7, 11) is 0. The summed E-state index contributed by atoms with van der Waals surface area (Å²) >= 11 is 15.7. The van der Waals surface area contributed by atoms with Gasteiger partial charge in [-0.05, 0) is 59.7 Å². The first-order chi connectivity index (χ1) is 13.5.